The summed E-state index contributed by atoms with van der Waals surface area (Å²) >= 11 is 0. The van der Waals surface area contributed by atoms with Crippen LogP contribution in [0.3, 0.4) is 0 Å². The molecule has 5 rings (SSSR count). The molecule has 7 nitrogen and oxygen atoms in total. The maximum atomic E-state index is 13.3. The minimum atomic E-state index is -0.723. The summed E-state index contributed by atoms with van der Waals surface area (Å²) in [5.41, 5.74) is 2.32. The molecule has 4 aromatic rings. The first kappa shape index (κ1) is 18.9. The van der Waals surface area contributed by atoms with E-state index in [0.29, 0.717) is 22.8 Å². The lowest BCUT2D eigenvalue weighted by atomic mass is 9.89. The summed E-state index contributed by atoms with van der Waals surface area (Å²) in [6, 6.07) is 20.0. The summed E-state index contributed by atoms with van der Waals surface area (Å²) in [5.74, 6) is 0.0674. The van der Waals surface area contributed by atoms with Crippen molar-refractivity contribution in [2.45, 2.75) is 13.0 Å². The van der Waals surface area contributed by atoms with Gasteiger partial charge in [0.25, 0.3) is 0 Å². The Hall–Kier alpha value is -4.13. The van der Waals surface area contributed by atoms with Crippen molar-refractivity contribution in [3.05, 3.63) is 89.8 Å². The molecule has 0 amide bonds. The minimum Gasteiger partial charge on any atom is -0.508 e. The summed E-state index contributed by atoms with van der Waals surface area (Å²) in [6.07, 6.45) is 1.42. The smallest absolute Gasteiger partial charge is 0.338 e. The number of benzene rings is 3. The Balaban J connectivity index is 1.85. The lowest BCUT2D eigenvalue weighted by molar-refractivity contribution is -0.138. The fraction of sp³-hybridized carbons (Fsp3) is 0.125. The zero-order chi connectivity index (χ0) is 21.4. The minimum absolute atomic E-state index is 0.0706. The second kappa shape index (κ2) is 7.60. The molecule has 2 heterocycles. The van der Waals surface area contributed by atoms with Crippen molar-refractivity contribution in [3.63, 3.8) is 0 Å². The van der Waals surface area contributed by atoms with Gasteiger partial charge in [0.2, 0.25) is 5.95 Å². The van der Waals surface area contributed by atoms with E-state index >= 15 is 0 Å². The molecule has 0 unspecified atom stereocenters. The van der Waals surface area contributed by atoms with Gasteiger partial charge in [0.1, 0.15) is 18.1 Å². The predicted molar refractivity (Wildman–Crippen MR) is 117 cm³/mol. The third-order valence-electron chi connectivity index (χ3n) is 5.38. The van der Waals surface area contributed by atoms with Gasteiger partial charge in [0.05, 0.1) is 17.9 Å². The largest absolute Gasteiger partial charge is 0.508 e. The molecular weight excluding hydrogens is 392 g/mol. The van der Waals surface area contributed by atoms with Gasteiger partial charge in [-0.2, -0.15) is 10.1 Å². The van der Waals surface area contributed by atoms with Crippen molar-refractivity contribution in [2.24, 2.45) is 0 Å². The van der Waals surface area contributed by atoms with E-state index in [4.69, 9.17) is 4.74 Å². The molecule has 0 radical (unpaired) electrons. The van der Waals surface area contributed by atoms with Crippen LogP contribution in [0.5, 0.6) is 5.75 Å². The SMILES string of the molecule is CCOC(=O)C1=C(c2ccccc2)Nc2ncnn2[C@@H]1c1c(O)ccc2ccccc12. The number of carbonyl (C=O) groups excluding carboxylic acids is 1. The van der Waals surface area contributed by atoms with Gasteiger partial charge >= 0.3 is 5.97 Å². The van der Waals surface area contributed by atoms with Crippen LogP contribution in [-0.4, -0.2) is 32.4 Å². The molecule has 1 aliphatic rings. The highest BCUT2D eigenvalue weighted by Gasteiger charge is 2.38. The van der Waals surface area contributed by atoms with Gasteiger partial charge in [-0.05, 0) is 29.3 Å². The zero-order valence-corrected chi connectivity index (χ0v) is 16.8. The van der Waals surface area contributed by atoms with Crippen LogP contribution in [0, 0.1) is 0 Å². The van der Waals surface area contributed by atoms with Crippen LogP contribution in [0.15, 0.2) is 78.6 Å². The molecule has 2 N–H and O–H groups in total. The van der Waals surface area contributed by atoms with Crippen LogP contribution < -0.4 is 5.32 Å². The number of nitrogens with one attached hydrogen (secondary N) is 1. The third kappa shape index (κ3) is 3.11. The molecule has 0 saturated heterocycles. The van der Waals surface area contributed by atoms with Crippen LogP contribution in [0.2, 0.25) is 0 Å². The Morgan fingerprint density at radius 1 is 1.10 bits per heavy atom. The fourth-order valence-electron chi connectivity index (χ4n) is 4.06. The van der Waals surface area contributed by atoms with E-state index < -0.39 is 12.0 Å². The van der Waals surface area contributed by atoms with Crippen LogP contribution in [0.1, 0.15) is 24.1 Å². The van der Waals surface area contributed by atoms with Crippen LogP contribution in [0.25, 0.3) is 16.5 Å². The van der Waals surface area contributed by atoms with Crippen molar-refractivity contribution in [1.29, 1.82) is 0 Å². The maximum absolute atomic E-state index is 13.3. The first-order valence-electron chi connectivity index (χ1n) is 10.0. The predicted octanol–water partition coefficient (Wildman–Crippen LogP) is 4.13. The van der Waals surface area contributed by atoms with Crippen molar-refractivity contribution < 1.29 is 14.6 Å². The molecule has 0 spiro atoms. The van der Waals surface area contributed by atoms with Crippen LogP contribution >= 0.6 is 0 Å². The Labute approximate surface area is 178 Å². The highest BCUT2D eigenvalue weighted by molar-refractivity contribution is 6.03. The van der Waals surface area contributed by atoms with Crippen LogP contribution in [-0.2, 0) is 9.53 Å². The van der Waals surface area contributed by atoms with Gasteiger partial charge in [0, 0.05) is 5.56 Å². The van der Waals surface area contributed by atoms with Gasteiger partial charge in [-0.1, -0.05) is 60.7 Å². The molecule has 0 fully saturated rings. The maximum Gasteiger partial charge on any atom is 0.338 e. The third-order valence-corrected chi connectivity index (χ3v) is 5.38. The number of esters is 1. The number of aromatic nitrogens is 3. The van der Waals surface area contributed by atoms with Crippen LogP contribution in [0.4, 0.5) is 5.95 Å². The number of phenolic OH excluding ortho intramolecular Hbond substituents is 1. The molecule has 0 saturated carbocycles. The number of fused-ring (bicyclic) bond motifs is 2. The molecule has 1 atom stereocenters. The van der Waals surface area contributed by atoms with Gasteiger partial charge in [-0.15, -0.1) is 0 Å². The average molecular weight is 412 g/mol. The number of anilines is 1. The monoisotopic (exact) mass is 412 g/mol. The number of carbonyl (C=O) groups is 1. The zero-order valence-electron chi connectivity index (χ0n) is 16.8. The lowest BCUT2D eigenvalue weighted by Crippen LogP contribution is -2.30. The van der Waals surface area contributed by atoms with E-state index in [9.17, 15) is 9.90 Å². The Morgan fingerprint density at radius 3 is 2.68 bits per heavy atom. The first-order valence-corrected chi connectivity index (χ1v) is 10.0. The highest BCUT2D eigenvalue weighted by atomic mass is 16.5. The number of hydrogen-bond donors (Lipinski definition) is 2. The van der Waals surface area contributed by atoms with Gasteiger partial charge in [0.15, 0.2) is 0 Å². The number of phenols is 1. The normalized spacial score (nSPS) is 15.5. The number of hydrogen-bond acceptors (Lipinski definition) is 6. The quantitative estimate of drug-likeness (QED) is 0.490. The van der Waals surface area contributed by atoms with E-state index in [-0.39, 0.29) is 12.4 Å². The average Bonchev–Trinajstić information content (AvgIpc) is 3.27. The second-order valence-corrected chi connectivity index (χ2v) is 7.15. The molecular formula is C24H20N4O3. The summed E-state index contributed by atoms with van der Waals surface area (Å²) in [4.78, 5) is 17.6. The van der Waals surface area contributed by atoms with Gasteiger partial charge in [-0.3, -0.25) is 0 Å². The van der Waals surface area contributed by atoms with E-state index in [2.05, 4.69) is 15.4 Å². The summed E-state index contributed by atoms with van der Waals surface area (Å²) in [7, 11) is 0. The summed E-state index contributed by atoms with van der Waals surface area (Å²) < 4.78 is 7.06. The van der Waals surface area contributed by atoms with E-state index in [0.717, 1.165) is 16.3 Å². The Morgan fingerprint density at radius 2 is 1.87 bits per heavy atom. The molecule has 154 valence electrons. The van der Waals surface area contributed by atoms with Crippen molar-refractivity contribution >= 4 is 28.4 Å². The molecule has 0 bridgehead atoms. The van der Waals surface area contributed by atoms with Crippen molar-refractivity contribution in [3.8, 4) is 5.75 Å². The summed E-state index contributed by atoms with van der Waals surface area (Å²) in [6.45, 7) is 1.99. The van der Waals surface area contributed by atoms with Gasteiger partial charge in [-0.25, -0.2) is 9.48 Å². The van der Waals surface area contributed by atoms with Gasteiger partial charge < -0.3 is 15.2 Å². The molecule has 7 heteroatoms. The Kier molecular flexibility index (Phi) is 4.63. The molecule has 0 aliphatic carbocycles. The topological polar surface area (TPSA) is 89.3 Å². The molecule has 3 aromatic carbocycles. The number of rotatable bonds is 4. The number of nitrogens with zero attached hydrogens (tertiary/aromatic N) is 3. The van der Waals surface area contributed by atoms with Crippen molar-refractivity contribution in [2.75, 3.05) is 11.9 Å². The molecule has 1 aliphatic heterocycles. The fourth-order valence-corrected chi connectivity index (χ4v) is 4.06. The Bertz CT molecular complexity index is 1310. The number of ether oxygens (including phenoxy) is 1. The highest BCUT2D eigenvalue weighted by Crippen LogP contribution is 2.44. The first-order chi connectivity index (χ1) is 15.2. The van der Waals surface area contributed by atoms with E-state index in [1.807, 2.05) is 60.7 Å². The van der Waals surface area contributed by atoms with E-state index in [1.165, 1.54) is 6.33 Å². The molecule has 1 aromatic heterocycles. The second-order valence-electron chi connectivity index (χ2n) is 7.15. The number of aromatic hydroxyl groups is 1. The standard InChI is InChI=1S/C24H20N4O3/c1-2-31-23(30)20-21(16-9-4-3-5-10-16)27-24-25-14-26-28(24)22(20)19-17-11-7-6-8-15(17)12-13-18(19)29/h3-14,22,29H,2H2,1H3,(H,25,26,27)/t22-/m1/s1. The van der Waals surface area contributed by atoms with E-state index in [1.54, 1.807) is 17.7 Å². The lowest BCUT2D eigenvalue weighted by Gasteiger charge is -2.30. The molecule has 31 heavy (non-hydrogen) atoms. The summed E-state index contributed by atoms with van der Waals surface area (Å²) in [5, 5.41) is 20.3. The van der Waals surface area contributed by atoms with Crippen molar-refractivity contribution in [1.82, 2.24) is 14.8 Å².